The van der Waals surface area contributed by atoms with Crippen LogP contribution >= 0.6 is 11.3 Å². The maximum absolute atomic E-state index is 9.78. The molecular formula is C7H10N2OS. The topological polar surface area (TPSA) is 45.2 Å². The maximum Gasteiger partial charge on any atom is 0.132 e. The Labute approximate surface area is 69.1 Å². The van der Waals surface area contributed by atoms with Crippen molar-refractivity contribution in [1.82, 2.24) is 10.3 Å². The van der Waals surface area contributed by atoms with Crippen molar-refractivity contribution in [2.75, 3.05) is 13.1 Å². The van der Waals surface area contributed by atoms with Crippen molar-refractivity contribution in [2.24, 2.45) is 0 Å². The highest BCUT2D eigenvalue weighted by Crippen LogP contribution is 2.25. The summed E-state index contributed by atoms with van der Waals surface area (Å²) in [6.45, 7) is 3.22. The summed E-state index contributed by atoms with van der Waals surface area (Å²) in [7, 11) is 0. The average Bonchev–Trinajstić information content (AvgIpc) is 2.31. The van der Waals surface area contributed by atoms with Crippen molar-refractivity contribution in [3.05, 3.63) is 16.1 Å². The Bertz CT molecular complexity index is 267. The summed E-state index contributed by atoms with van der Waals surface area (Å²) >= 11 is 1.58. The molecule has 2 rings (SSSR count). The molecule has 0 amide bonds. The number of aliphatic hydroxyl groups is 1. The molecule has 1 aliphatic heterocycles. The number of thiazole rings is 1. The highest BCUT2D eigenvalue weighted by molar-refractivity contribution is 7.09. The van der Waals surface area contributed by atoms with Gasteiger partial charge in [-0.3, -0.25) is 0 Å². The molecule has 1 aromatic rings. The van der Waals surface area contributed by atoms with E-state index in [-0.39, 0.29) is 0 Å². The van der Waals surface area contributed by atoms with Gasteiger partial charge in [0.05, 0.1) is 10.7 Å². The molecule has 2 N–H and O–H groups in total. The second kappa shape index (κ2) is 2.27. The summed E-state index contributed by atoms with van der Waals surface area (Å²) < 4.78 is 0. The van der Waals surface area contributed by atoms with Crippen LogP contribution in [0, 0.1) is 6.92 Å². The molecule has 0 radical (unpaired) electrons. The van der Waals surface area contributed by atoms with Gasteiger partial charge in [0.25, 0.3) is 0 Å². The smallest absolute Gasteiger partial charge is 0.132 e. The third-order valence-corrected chi connectivity index (χ3v) is 2.70. The molecule has 2 heterocycles. The molecular weight excluding hydrogens is 160 g/mol. The van der Waals surface area contributed by atoms with Gasteiger partial charge in [-0.05, 0) is 6.92 Å². The Hall–Kier alpha value is -0.450. The minimum Gasteiger partial charge on any atom is -0.381 e. The Morgan fingerprint density at radius 3 is 2.82 bits per heavy atom. The molecule has 0 bridgehead atoms. The van der Waals surface area contributed by atoms with Crippen LogP contribution in [0.15, 0.2) is 5.38 Å². The van der Waals surface area contributed by atoms with E-state index in [9.17, 15) is 5.11 Å². The second-order valence-corrected chi connectivity index (χ2v) is 3.95. The molecule has 11 heavy (non-hydrogen) atoms. The maximum atomic E-state index is 9.78. The van der Waals surface area contributed by atoms with Crippen LogP contribution < -0.4 is 5.32 Å². The first-order chi connectivity index (χ1) is 5.21. The van der Waals surface area contributed by atoms with Crippen molar-refractivity contribution in [1.29, 1.82) is 0 Å². The summed E-state index contributed by atoms with van der Waals surface area (Å²) in [5.74, 6) is 0. The van der Waals surface area contributed by atoms with Gasteiger partial charge in [0.2, 0.25) is 0 Å². The van der Waals surface area contributed by atoms with Crippen molar-refractivity contribution < 1.29 is 5.11 Å². The summed E-state index contributed by atoms with van der Waals surface area (Å²) in [6.07, 6.45) is 0. The van der Waals surface area contributed by atoms with E-state index in [1.807, 2.05) is 12.3 Å². The fourth-order valence-corrected chi connectivity index (χ4v) is 1.83. The molecule has 0 aliphatic carbocycles. The zero-order chi connectivity index (χ0) is 7.90. The zero-order valence-corrected chi connectivity index (χ0v) is 7.11. The molecule has 0 saturated carbocycles. The van der Waals surface area contributed by atoms with E-state index < -0.39 is 5.60 Å². The van der Waals surface area contributed by atoms with E-state index in [4.69, 9.17) is 0 Å². The average molecular weight is 170 g/mol. The molecule has 1 saturated heterocycles. The molecule has 60 valence electrons. The van der Waals surface area contributed by atoms with Crippen LogP contribution in [-0.4, -0.2) is 23.2 Å². The third-order valence-electron chi connectivity index (χ3n) is 1.93. The summed E-state index contributed by atoms with van der Waals surface area (Å²) in [5, 5.41) is 15.7. The Morgan fingerprint density at radius 1 is 1.73 bits per heavy atom. The first kappa shape index (κ1) is 7.21. The summed E-state index contributed by atoms with van der Waals surface area (Å²) in [4.78, 5) is 4.23. The van der Waals surface area contributed by atoms with E-state index >= 15 is 0 Å². The van der Waals surface area contributed by atoms with Crippen molar-refractivity contribution >= 4 is 11.3 Å². The first-order valence-electron chi connectivity index (χ1n) is 3.56. The van der Waals surface area contributed by atoms with Crippen molar-refractivity contribution in [3.63, 3.8) is 0 Å². The van der Waals surface area contributed by atoms with Gasteiger partial charge in [-0.15, -0.1) is 11.3 Å². The van der Waals surface area contributed by atoms with Crippen molar-refractivity contribution in [2.45, 2.75) is 12.5 Å². The van der Waals surface area contributed by atoms with Crippen LogP contribution in [0.2, 0.25) is 0 Å². The van der Waals surface area contributed by atoms with Gasteiger partial charge in [0, 0.05) is 18.5 Å². The second-order valence-electron chi connectivity index (χ2n) is 2.89. The molecule has 1 aliphatic rings. The largest absolute Gasteiger partial charge is 0.381 e. The predicted molar refractivity (Wildman–Crippen MR) is 43.6 cm³/mol. The quantitative estimate of drug-likeness (QED) is 0.634. The highest BCUT2D eigenvalue weighted by atomic mass is 32.1. The number of aromatic nitrogens is 1. The monoisotopic (exact) mass is 170 g/mol. The molecule has 4 heteroatoms. The molecule has 1 fully saturated rings. The standard InChI is InChI=1S/C7H10N2OS/c1-5-9-6(2-11-5)7(10)3-8-4-7/h2,8,10H,3-4H2,1H3. The lowest BCUT2D eigenvalue weighted by molar-refractivity contribution is -0.0181. The van der Waals surface area contributed by atoms with Gasteiger partial charge in [0.15, 0.2) is 0 Å². The number of rotatable bonds is 1. The van der Waals surface area contributed by atoms with Crippen LogP contribution in [-0.2, 0) is 5.60 Å². The number of β-amino-alcohol motifs (C(OH)–C–C–N with tert-alkyl or cyclic N) is 1. The van der Waals surface area contributed by atoms with E-state index in [2.05, 4.69) is 10.3 Å². The van der Waals surface area contributed by atoms with Gasteiger partial charge in [-0.25, -0.2) is 4.98 Å². The SMILES string of the molecule is Cc1nc(C2(O)CNC2)cs1. The van der Waals surface area contributed by atoms with Gasteiger partial charge >= 0.3 is 0 Å². The van der Waals surface area contributed by atoms with E-state index in [1.165, 1.54) is 0 Å². The number of hydrogen-bond donors (Lipinski definition) is 2. The Kier molecular flexibility index (Phi) is 1.49. The van der Waals surface area contributed by atoms with Crippen LogP contribution in [0.1, 0.15) is 10.7 Å². The lowest BCUT2D eigenvalue weighted by Crippen LogP contribution is -2.56. The molecule has 0 atom stereocenters. The van der Waals surface area contributed by atoms with Crippen LogP contribution in [0.3, 0.4) is 0 Å². The molecule has 3 nitrogen and oxygen atoms in total. The number of nitrogens with zero attached hydrogens (tertiary/aromatic N) is 1. The first-order valence-corrected chi connectivity index (χ1v) is 4.44. The van der Waals surface area contributed by atoms with Crippen LogP contribution in [0.25, 0.3) is 0 Å². The Morgan fingerprint density at radius 2 is 2.45 bits per heavy atom. The fraction of sp³-hybridized carbons (Fsp3) is 0.571. The van der Waals surface area contributed by atoms with Crippen LogP contribution in [0.4, 0.5) is 0 Å². The molecule has 0 unspecified atom stereocenters. The molecule has 1 aromatic heterocycles. The van der Waals surface area contributed by atoms with Gasteiger partial charge in [-0.1, -0.05) is 0 Å². The predicted octanol–water partition coefficient (Wildman–Crippen LogP) is 0.242. The lowest BCUT2D eigenvalue weighted by Gasteiger charge is -2.35. The Balaban J connectivity index is 2.28. The summed E-state index contributed by atoms with van der Waals surface area (Å²) in [6, 6.07) is 0. The normalized spacial score (nSPS) is 21.3. The van der Waals surface area contributed by atoms with E-state index in [0.717, 1.165) is 10.7 Å². The van der Waals surface area contributed by atoms with E-state index in [1.54, 1.807) is 11.3 Å². The lowest BCUT2D eigenvalue weighted by atomic mass is 9.94. The van der Waals surface area contributed by atoms with Gasteiger partial charge in [-0.2, -0.15) is 0 Å². The number of aryl methyl sites for hydroxylation is 1. The van der Waals surface area contributed by atoms with Gasteiger partial charge < -0.3 is 10.4 Å². The summed E-state index contributed by atoms with van der Waals surface area (Å²) in [5.41, 5.74) is 0.142. The van der Waals surface area contributed by atoms with Gasteiger partial charge in [0.1, 0.15) is 5.60 Å². The van der Waals surface area contributed by atoms with Crippen LogP contribution in [0.5, 0.6) is 0 Å². The fourth-order valence-electron chi connectivity index (χ4n) is 1.12. The molecule has 0 spiro atoms. The minimum absolute atomic E-state index is 0.635. The molecule has 0 aromatic carbocycles. The third kappa shape index (κ3) is 1.07. The zero-order valence-electron chi connectivity index (χ0n) is 6.29. The highest BCUT2D eigenvalue weighted by Gasteiger charge is 2.38. The number of nitrogens with one attached hydrogen (secondary N) is 1. The minimum atomic E-state index is -0.676. The number of hydrogen-bond acceptors (Lipinski definition) is 4. The van der Waals surface area contributed by atoms with E-state index in [0.29, 0.717) is 13.1 Å². The van der Waals surface area contributed by atoms with Crippen molar-refractivity contribution in [3.8, 4) is 0 Å².